The van der Waals surface area contributed by atoms with E-state index < -0.39 is 5.38 Å². The van der Waals surface area contributed by atoms with Gasteiger partial charge in [-0.2, -0.15) is 0 Å². The van der Waals surface area contributed by atoms with Gasteiger partial charge in [0.15, 0.2) is 0 Å². The van der Waals surface area contributed by atoms with Crippen LogP contribution in [0.15, 0.2) is 0 Å². The largest absolute Gasteiger partial charge is 0.358 e. The number of nitrogens with zero attached hydrogens (tertiary/aromatic N) is 1. The molecule has 3 nitrogen and oxygen atoms in total. The molecule has 0 spiro atoms. The van der Waals surface area contributed by atoms with Crippen LogP contribution in [0.25, 0.3) is 0 Å². The molecule has 0 aliphatic carbocycles. The molecular weight excluding hydrogens is 166 g/mol. The molecule has 11 heavy (non-hydrogen) atoms. The van der Waals surface area contributed by atoms with E-state index in [1.54, 1.807) is 18.9 Å². The molecule has 64 valence electrons. The Morgan fingerprint density at radius 2 is 2.36 bits per heavy atom. The minimum atomic E-state index is -0.454. The van der Waals surface area contributed by atoms with E-state index in [1.807, 2.05) is 0 Å². The van der Waals surface area contributed by atoms with E-state index in [1.165, 1.54) is 0 Å². The Bertz CT molecular complexity index is 157. The van der Waals surface area contributed by atoms with Crippen molar-refractivity contribution in [2.75, 3.05) is 13.7 Å². The molecular formula is C7H12ClNO2. The highest BCUT2D eigenvalue weighted by molar-refractivity contribution is 6.30. The minimum absolute atomic E-state index is 0.0382. The molecule has 1 heterocycles. The van der Waals surface area contributed by atoms with Gasteiger partial charge in [0.25, 0.3) is 0 Å². The van der Waals surface area contributed by atoms with E-state index in [-0.39, 0.29) is 12.1 Å². The normalized spacial score (nSPS) is 25.5. The molecule has 1 saturated heterocycles. The summed E-state index contributed by atoms with van der Waals surface area (Å²) >= 11 is 5.60. The minimum Gasteiger partial charge on any atom is -0.358 e. The van der Waals surface area contributed by atoms with E-state index >= 15 is 0 Å². The summed E-state index contributed by atoms with van der Waals surface area (Å²) in [5, 5.41) is -0.454. The van der Waals surface area contributed by atoms with Gasteiger partial charge in [0.2, 0.25) is 5.91 Å². The number of alkyl halides is 1. The summed E-state index contributed by atoms with van der Waals surface area (Å²) in [4.78, 5) is 12.7. The number of carbonyl (C=O) groups is 1. The van der Waals surface area contributed by atoms with Crippen molar-refractivity contribution in [2.24, 2.45) is 0 Å². The number of carbonyl (C=O) groups excluding carboxylic acids is 1. The standard InChI is InChI=1S/C7H12ClNO2/c1-5(8)7(10)9(2)6-3-4-11-6/h5-6H,3-4H2,1-2H3. The molecule has 0 aromatic carbocycles. The maximum absolute atomic E-state index is 11.2. The van der Waals surface area contributed by atoms with Crippen molar-refractivity contribution < 1.29 is 9.53 Å². The fourth-order valence-corrected chi connectivity index (χ4v) is 1.11. The lowest BCUT2D eigenvalue weighted by Gasteiger charge is -2.35. The Kier molecular flexibility index (Phi) is 2.73. The van der Waals surface area contributed by atoms with Crippen molar-refractivity contribution in [3.8, 4) is 0 Å². The molecule has 2 atom stereocenters. The zero-order chi connectivity index (χ0) is 8.43. The summed E-state index contributed by atoms with van der Waals surface area (Å²) in [7, 11) is 1.71. The summed E-state index contributed by atoms with van der Waals surface area (Å²) < 4.78 is 5.11. The molecule has 1 amide bonds. The summed E-state index contributed by atoms with van der Waals surface area (Å²) in [6, 6.07) is 0. The van der Waals surface area contributed by atoms with E-state index in [9.17, 15) is 4.79 Å². The highest BCUT2D eigenvalue weighted by Gasteiger charge is 2.28. The van der Waals surface area contributed by atoms with Gasteiger partial charge in [-0.25, -0.2) is 0 Å². The second kappa shape index (κ2) is 3.41. The lowest BCUT2D eigenvalue weighted by molar-refractivity contribution is -0.164. The average molecular weight is 178 g/mol. The van der Waals surface area contributed by atoms with Gasteiger partial charge < -0.3 is 9.64 Å². The number of ether oxygens (including phenoxy) is 1. The van der Waals surface area contributed by atoms with E-state index in [4.69, 9.17) is 16.3 Å². The summed E-state index contributed by atoms with van der Waals surface area (Å²) in [5.41, 5.74) is 0. The third-order valence-corrected chi connectivity index (χ3v) is 1.98. The first-order valence-corrected chi connectivity index (χ1v) is 4.09. The number of amides is 1. The molecule has 2 unspecified atom stereocenters. The van der Waals surface area contributed by atoms with Crippen LogP contribution >= 0.6 is 11.6 Å². The first-order valence-electron chi connectivity index (χ1n) is 3.65. The lowest BCUT2D eigenvalue weighted by atomic mass is 10.2. The van der Waals surface area contributed by atoms with E-state index in [0.29, 0.717) is 0 Å². The lowest BCUT2D eigenvalue weighted by Crippen LogP contribution is -2.47. The first kappa shape index (κ1) is 8.81. The molecule has 0 N–H and O–H groups in total. The maximum atomic E-state index is 11.2. The van der Waals surface area contributed by atoms with E-state index in [2.05, 4.69) is 0 Å². The smallest absolute Gasteiger partial charge is 0.242 e. The zero-order valence-electron chi connectivity index (χ0n) is 6.71. The first-order chi connectivity index (χ1) is 5.13. The monoisotopic (exact) mass is 177 g/mol. The fraction of sp³-hybridized carbons (Fsp3) is 0.857. The Labute approximate surface area is 71.3 Å². The van der Waals surface area contributed by atoms with Gasteiger partial charge in [-0.05, 0) is 6.92 Å². The van der Waals surface area contributed by atoms with Crippen molar-refractivity contribution in [1.82, 2.24) is 4.90 Å². The van der Waals surface area contributed by atoms with Crippen LogP contribution in [0.3, 0.4) is 0 Å². The van der Waals surface area contributed by atoms with Crippen molar-refractivity contribution in [3.05, 3.63) is 0 Å². The molecule has 4 heteroatoms. The molecule has 0 aromatic rings. The fourth-order valence-electron chi connectivity index (χ4n) is 0.951. The third-order valence-electron chi connectivity index (χ3n) is 1.79. The summed E-state index contributed by atoms with van der Waals surface area (Å²) in [6.45, 7) is 2.41. The quantitative estimate of drug-likeness (QED) is 0.585. The highest BCUT2D eigenvalue weighted by atomic mass is 35.5. The van der Waals surface area contributed by atoms with Gasteiger partial charge in [0.05, 0.1) is 6.61 Å². The van der Waals surface area contributed by atoms with Crippen LogP contribution in [0.1, 0.15) is 13.3 Å². The number of hydrogen-bond donors (Lipinski definition) is 0. The van der Waals surface area contributed by atoms with Crippen LogP contribution in [-0.2, 0) is 9.53 Å². The van der Waals surface area contributed by atoms with Crippen molar-refractivity contribution in [2.45, 2.75) is 24.9 Å². The topological polar surface area (TPSA) is 29.5 Å². The summed E-state index contributed by atoms with van der Waals surface area (Å²) in [5.74, 6) is -0.0728. The van der Waals surface area contributed by atoms with Gasteiger partial charge in [0, 0.05) is 13.5 Å². The van der Waals surface area contributed by atoms with Crippen LogP contribution in [0.2, 0.25) is 0 Å². The summed E-state index contributed by atoms with van der Waals surface area (Å²) in [6.07, 6.45) is 0.884. The van der Waals surface area contributed by atoms with Gasteiger partial charge in [0.1, 0.15) is 11.6 Å². The second-order valence-electron chi connectivity index (χ2n) is 2.68. The van der Waals surface area contributed by atoms with E-state index in [0.717, 1.165) is 13.0 Å². The van der Waals surface area contributed by atoms with Crippen LogP contribution < -0.4 is 0 Å². The van der Waals surface area contributed by atoms with Crippen LogP contribution in [-0.4, -0.2) is 36.1 Å². The van der Waals surface area contributed by atoms with Crippen LogP contribution in [0.4, 0.5) is 0 Å². The third kappa shape index (κ3) is 1.84. The SMILES string of the molecule is CC(Cl)C(=O)N(C)C1CCO1. The predicted octanol–water partition coefficient (Wildman–Crippen LogP) is 0.819. The average Bonchev–Trinajstić information content (AvgIpc) is 1.82. The van der Waals surface area contributed by atoms with Gasteiger partial charge >= 0.3 is 0 Å². The molecule has 0 radical (unpaired) electrons. The number of rotatable bonds is 2. The molecule has 0 saturated carbocycles. The highest BCUT2D eigenvalue weighted by Crippen LogP contribution is 2.16. The second-order valence-corrected chi connectivity index (χ2v) is 3.33. The van der Waals surface area contributed by atoms with Gasteiger partial charge in [-0.3, -0.25) is 4.79 Å². The van der Waals surface area contributed by atoms with Gasteiger partial charge in [-0.1, -0.05) is 0 Å². The van der Waals surface area contributed by atoms with Crippen molar-refractivity contribution >= 4 is 17.5 Å². The molecule has 1 aliphatic heterocycles. The molecule has 1 fully saturated rings. The van der Waals surface area contributed by atoms with Crippen LogP contribution in [0.5, 0.6) is 0 Å². The van der Waals surface area contributed by atoms with Crippen LogP contribution in [0, 0.1) is 0 Å². The molecule has 0 aromatic heterocycles. The number of halogens is 1. The van der Waals surface area contributed by atoms with Crippen molar-refractivity contribution in [1.29, 1.82) is 0 Å². The maximum Gasteiger partial charge on any atom is 0.242 e. The Hall–Kier alpha value is -0.280. The Morgan fingerprint density at radius 1 is 1.82 bits per heavy atom. The Morgan fingerprint density at radius 3 is 2.64 bits per heavy atom. The molecule has 1 aliphatic rings. The van der Waals surface area contributed by atoms with Crippen molar-refractivity contribution in [3.63, 3.8) is 0 Å². The zero-order valence-corrected chi connectivity index (χ0v) is 7.47. The molecule has 0 bridgehead atoms. The molecule has 1 rings (SSSR count). The number of hydrogen-bond acceptors (Lipinski definition) is 2. The van der Waals surface area contributed by atoms with Gasteiger partial charge in [-0.15, -0.1) is 11.6 Å². The Balaban J connectivity index is 2.39. The predicted molar refractivity (Wildman–Crippen MR) is 42.4 cm³/mol.